The second-order valence-electron chi connectivity index (χ2n) is 4.07. The number of anilines is 1. The van der Waals surface area contributed by atoms with Crippen molar-refractivity contribution in [3.63, 3.8) is 0 Å². The van der Waals surface area contributed by atoms with Crippen LogP contribution in [0.5, 0.6) is 0 Å². The summed E-state index contributed by atoms with van der Waals surface area (Å²) < 4.78 is 6.26. The summed E-state index contributed by atoms with van der Waals surface area (Å²) in [5.41, 5.74) is 1.36. The Morgan fingerprint density at radius 3 is 2.95 bits per heavy atom. The lowest BCUT2D eigenvalue weighted by Crippen LogP contribution is -2.16. The van der Waals surface area contributed by atoms with Crippen LogP contribution in [-0.2, 0) is 16.1 Å². The van der Waals surface area contributed by atoms with Crippen LogP contribution >= 0.6 is 11.3 Å². The standard InChI is InChI=1S/C12H14N4O3S/c1-8-5-20-11(12(18)19-2)10(8)15-9(17)3-4-16-7-13-6-14-16/h5-7H,3-4H2,1-2H3,(H,15,17). The molecule has 0 aliphatic rings. The van der Waals surface area contributed by atoms with E-state index in [1.54, 1.807) is 16.4 Å². The minimum Gasteiger partial charge on any atom is -0.465 e. The number of rotatable bonds is 5. The molecule has 7 nitrogen and oxygen atoms in total. The topological polar surface area (TPSA) is 86.1 Å². The third kappa shape index (κ3) is 3.21. The molecule has 2 aromatic heterocycles. The van der Waals surface area contributed by atoms with Crippen molar-refractivity contribution in [1.29, 1.82) is 0 Å². The van der Waals surface area contributed by atoms with Gasteiger partial charge in [-0.1, -0.05) is 0 Å². The lowest BCUT2D eigenvalue weighted by molar-refractivity contribution is -0.116. The number of nitrogens with zero attached hydrogens (tertiary/aromatic N) is 3. The van der Waals surface area contributed by atoms with E-state index in [2.05, 4.69) is 20.1 Å². The Balaban J connectivity index is 2.00. The molecule has 0 aliphatic heterocycles. The Morgan fingerprint density at radius 1 is 1.50 bits per heavy atom. The van der Waals surface area contributed by atoms with Crippen LogP contribution in [0.4, 0.5) is 5.69 Å². The van der Waals surface area contributed by atoms with Crippen LogP contribution in [-0.4, -0.2) is 33.8 Å². The Labute approximate surface area is 119 Å². The monoisotopic (exact) mass is 294 g/mol. The van der Waals surface area contributed by atoms with Gasteiger partial charge in [0.25, 0.3) is 0 Å². The summed E-state index contributed by atoms with van der Waals surface area (Å²) in [6, 6.07) is 0. The largest absolute Gasteiger partial charge is 0.465 e. The molecule has 0 unspecified atom stereocenters. The molecule has 0 saturated carbocycles. The lowest BCUT2D eigenvalue weighted by Gasteiger charge is -2.07. The van der Waals surface area contributed by atoms with Crippen molar-refractivity contribution < 1.29 is 14.3 Å². The molecule has 106 valence electrons. The zero-order valence-electron chi connectivity index (χ0n) is 11.1. The number of carbonyl (C=O) groups is 2. The van der Waals surface area contributed by atoms with Crippen molar-refractivity contribution in [2.45, 2.75) is 19.9 Å². The Hall–Kier alpha value is -2.22. The summed E-state index contributed by atoms with van der Waals surface area (Å²) in [6.45, 7) is 2.26. The molecule has 0 atom stereocenters. The van der Waals surface area contributed by atoms with Gasteiger partial charge >= 0.3 is 5.97 Å². The molecule has 0 fully saturated rings. The number of nitrogens with one attached hydrogen (secondary N) is 1. The number of esters is 1. The first-order valence-electron chi connectivity index (χ1n) is 5.90. The van der Waals surface area contributed by atoms with E-state index in [1.807, 2.05) is 6.92 Å². The highest BCUT2D eigenvalue weighted by Crippen LogP contribution is 2.28. The van der Waals surface area contributed by atoms with E-state index in [-0.39, 0.29) is 12.3 Å². The van der Waals surface area contributed by atoms with E-state index in [1.165, 1.54) is 24.8 Å². The molecule has 2 heterocycles. The maximum absolute atomic E-state index is 11.9. The number of hydrogen-bond acceptors (Lipinski definition) is 6. The zero-order valence-corrected chi connectivity index (χ0v) is 11.9. The first-order valence-corrected chi connectivity index (χ1v) is 6.78. The fourth-order valence-electron chi connectivity index (χ4n) is 1.61. The third-order valence-corrected chi connectivity index (χ3v) is 3.72. The highest BCUT2D eigenvalue weighted by Gasteiger charge is 2.18. The van der Waals surface area contributed by atoms with E-state index in [4.69, 9.17) is 0 Å². The highest BCUT2D eigenvalue weighted by molar-refractivity contribution is 7.12. The summed E-state index contributed by atoms with van der Waals surface area (Å²) in [6.07, 6.45) is 3.21. The molecule has 8 heteroatoms. The number of methoxy groups -OCH3 is 1. The molecule has 0 aromatic carbocycles. The first-order chi connectivity index (χ1) is 9.61. The summed E-state index contributed by atoms with van der Waals surface area (Å²) in [5, 5.41) is 8.47. The van der Waals surface area contributed by atoms with Crippen LogP contribution in [0.3, 0.4) is 0 Å². The summed E-state index contributed by atoms with van der Waals surface area (Å²) >= 11 is 1.25. The van der Waals surface area contributed by atoms with E-state index < -0.39 is 5.97 Å². The number of amides is 1. The molecule has 0 saturated heterocycles. The van der Waals surface area contributed by atoms with Gasteiger partial charge in [0.05, 0.1) is 19.3 Å². The number of ether oxygens (including phenoxy) is 1. The fraction of sp³-hybridized carbons (Fsp3) is 0.333. The summed E-state index contributed by atoms with van der Waals surface area (Å²) in [5.74, 6) is -0.637. The number of thiophene rings is 1. The first kappa shape index (κ1) is 14.2. The predicted octanol–water partition coefficient (Wildman–Crippen LogP) is 1.46. The van der Waals surface area contributed by atoms with Gasteiger partial charge in [-0.05, 0) is 17.9 Å². The number of carbonyl (C=O) groups excluding carboxylic acids is 2. The molecule has 2 rings (SSSR count). The highest BCUT2D eigenvalue weighted by atomic mass is 32.1. The molecule has 0 bridgehead atoms. The Morgan fingerprint density at radius 2 is 2.30 bits per heavy atom. The van der Waals surface area contributed by atoms with Gasteiger partial charge in [0.1, 0.15) is 17.5 Å². The van der Waals surface area contributed by atoms with E-state index in [9.17, 15) is 9.59 Å². The van der Waals surface area contributed by atoms with Gasteiger partial charge < -0.3 is 10.1 Å². The number of hydrogen-bond donors (Lipinski definition) is 1. The van der Waals surface area contributed by atoms with Gasteiger partial charge in [-0.15, -0.1) is 11.3 Å². The van der Waals surface area contributed by atoms with E-state index in [0.29, 0.717) is 17.1 Å². The van der Waals surface area contributed by atoms with Gasteiger partial charge in [0, 0.05) is 6.42 Å². The molecule has 1 N–H and O–H groups in total. The normalized spacial score (nSPS) is 10.3. The molecular weight excluding hydrogens is 280 g/mol. The molecular formula is C12H14N4O3S. The minimum absolute atomic E-state index is 0.188. The maximum Gasteiger partial charge on any atom is 0.350 e. The molecule has 20 heavy (non-hydrogen) atoms. The van der Waals surface area contributed by atoms with Crippen molar-refractivity contribution in [3.8, 4) is 0 Å². The minimum atomic E-state index is -0.449. The second-order valence-corrected chi connectivity index (χ2v) is 4.95. The smallest absolute Gasteiger partial charge is 0.350 e. The zero-order chi connectivity index (χ0) is 14.5. The van der Waals surface area contributed by atoms with Gasteiger partial charge in [-0.25, -0.2) is 9.78 Å². The maximum atomic E-state index is 11.9. The van der Waals surface area contributed by atoms with E-state index >= 15 is 0 Å². The van der Waals surface area contributed by atoms with Crippen LogP contribution in [0.1, 0.15) is 21.7 Å². The van der Waals surface area contributed by atoms with Gasteiger partial charge in [-0.2, -0.15) is 5.10 Å². The molecule has 1 amide bonds. The van der Waals surface area contributed by atoms with Gasteiger partial charge in [0.15, 0.2) is 0 Å². The predicted molar refractivity (Wildman–Crippen MR) is 73.7 cm³/mol. The average molecular weight is 294 g/mol. The van der Waals surface area contributed by atoms with Crippen LogP contribution in [0.15, 0.2) is 18.0 Å². The second kappa shape index (κ2) is 6.29. The van der Waals surface area contributed by atoms with Crippen molar-refractivity contribution in [1.82, 2.24) is 14.8 Å². The van der Waals surface area contributed by atoms with Gasteiger partial charge in [-0.3, -0.25) is 9.48 Å². The van der Waals surface area contributed by atoms with Crippen LogP contribution < -0.4 is 5.32 Å². The van der Waals surface area contributed by atoms with Gasteiger partial charge in [0.2, 0.25) is 5.91 Å². The fourth-order valence-corrected chi connectivity index (χ4v) is 2.53. The molecule has 0 spiro atoms. The Bertz CT molecular complexity index is 606. The quantitative estimate of drug-likeness (QED) is 0.844. The van der Waals surface area contributed by atoms with Crippen LogP contribution in [0, 0.1) is 6.92 Å². The Kier molecular flexibility index (Phi) is 4.46. The molecule has 0 radical (unpaired) electrons. The third-order valence-electron chi connectivity index (χ3n) is 2.64. The van der Waals surface area contributed by atoms with Crippen molar-refractivity contribution in [2.24, 2.45) is 0 Å². The number of aromatic nitrogens is 3. The van der Waals surface area contributed by atoms with Crippen LogP contribution in [0.25, 0.3) is 0 Å². The molecule has 0 aliphatic carbocycles. The summed E-state index contributed by atoms with van der Waals surface area (Å²) in [4.78, 5) is 27.7. The van der Waals surface area contributed by atoms with E-state index in [0.717, 1.165) is 5.56 Å². The SMILES string of the molecule is COC(=O)c1scc(C)c1NC(=O)CCn1cncn1. The molecule has 2 aromatic rings. The van der Waals surface area contributed by atoms with Crippen molar-refractivity contribution in [3.05, 3.63) is 28.5 Å². The van der Waals surface area contributed by atoms with Crippen LogP contribution in [0.2, 0.25) is 0 Å². The number of aryl methyl sites for hydroxylation is 2. The average Bonchev–Trinajstić information content (AvgIpc) is 3.07. The van der Waals surface area contributed by atoms with Crippen molar-refractivity contribution >= 4 is 28.9 Å². The summed E-state index contributed by atoms with van der Waals surface area (Å²) in [7, 11) is 1.31. The lowest BCUT2D eigenvalue weighted by atomic mass is 10.2. The van der Waals surface area contributed by atoms with Crippen molar-refractivity contribution in [2.75, 3.05) is 12.4 Å².